The van der Waals surface area contributed by atoms with Gasteiger partial charge in [-0.2, -0.15) is 0 Å². The van der Waals surface area contributed by atoms with Crippen LogP contribution in [0.5, 0.6) is 0 Å². The van der Waals surface area contributed by atoms with E-state index < -0.39 is 15.5 Å². The maximum absolute atomic E-state index is 10.7. The Balaban J connectivity index is 0. The van der Waals surface area contributed by atoms with Gasteiger partial charge < -0.3 is 25.8 Å². The standard InChI is InChI=1S/C8H20N.C7H17N3O4S/c1-5-9(6-2,7-3)8-4;8-5-7(11)10-4-2-1-3-6(9)15(12,13)14/h5-8H2,1-4H3;6H,1-5,8-9H2,(H,10,11)(H,12,13,14)/q+1;/p-1. The van der Waals surface area contributed by atoms with Gasteiger partial charge in [-0.15, -0.1) is 0 Å². The molecule has 0 fully saturated rings. The quantitative estimate of drug-likeness (QED) is 0.265. The van der Waals surface area contributed by atoms with Crippen LogP contribution in [0.15, 0.2) is 0 Å². The van der Waals surface area contributed by atoms with E-state index >= 15 is 0 Å². The Morgan fingerprint density at radius 1 is 1.08 bits per heavy atom. The molecule has 24 heavy (non-hydrogen) atoms. The van der Waals surface area contributed by atoms with Crippen LogP contribution in [0.25, 0.3) is 0 Å². The number of rotatable bonds is 11. The van der Waals surface area contributed by atoms with E-state index in [1.807, 2.05) is 0 Å². The summed E-state index contributed by atoms with van der Waals surface area (Å²) in [5.41, 5.74) is 10.2. The summed E-state index contributed by atoms with van der Waals surface area (Å²) in [7, 11) is -4.39. The lowest BCUT2D eigenvalue weighted by Crippen LogP contribution is -2.47. The van der Waals surface area contributed by atoms with Crippen LogP contribution in [0.3, 0.4) is 0 Å². The first-order valence-corrected chi connectivity index (χ1v) is 10.1. The van der Waals surface area contributed by atoms with E-state index in [1.165, 1.54) is 30.7 Å². The highest BCUT2D eigenvalue weighted by Gasteiger charge is 2.16. The first-order valence-electron chi connectivity index (χ1n) is 8.64. The third-order valence-corrected chi connectivity index (χ3v) is 5.45. The Hall–Kier alpha value is -0.740. The summed E-state index contributed by atoms with van der Waals surface area (Å²) in [6.45, 7) is 14.6. The zero-order chi connectivity index (χ0) is 19.2. The third kappa shape index (κ3) is 11.7. The Morgan fingerprint density at radius 2 is 1.54 bits per heavy atom. The number of amides is 1. The van der Waals surface area contributed by atoms with Gasteiger partial charge in [-0.25, -0.2) is 8.42 Å². The van der Waals surface area contributed by atoms with Gasteiger partial charge in [-0.1, -0.05) is 0 Å². The van der Waals surface area contributed by atoms with Crippen LogP contribution in [-0.4, -0.2) is 68.0 Å². The second-order valence-corrected chi connectivity index (χ2v) is 7.28. The number of carbonyl (C=O) groups excluding carboxylic acids is 1. The van der Waals surface area contributed by atoms with Gasteiger partial charge in [-0.3, -0.25) is 4.79 Å². The van der Waals surface area contributed by atoms with Crippen molar-refractivity contribution in [2.75, 3.05) is 39.3 Å². The number of quaternary nitrogens is 1. The van der Waals surface area contributed by atoms with E-state index in [2.05, 4.69) is 33.0 Å². The molecule has 0 aromatic heterocycles. The molecular formula is C15H36N4O4S. The van der Waals surface area contributed by atoms with Crippen molar-refractivity contribution >= 4 is 16.0 Å². The average Bonchev–Trinajstić information content (AvgIpc) is 2.56. The van der Waals surface area contributed by atoms with Crippen molar-refractivity contribution in [2.45, 2.75) is 52.3 Å². The summed E-state index contributed by atoms with van der Waals surface area (Å²) in [4.78, 5) is 10.7. The molecule has 1 atom stereocenters. The van der Waals surface area contributed by atoms with Crippen LogP contribution >= 0.6 is 0 Å². The zero-order valence-electron chi connectivity index (χ0n) is 15.6. The number of hydrogen-bond acceptors (Lipinski definition) is 6. The minimum absolute atomic E-state index is 0.0749. The summed E-state index contributed by atoms with van der Waals surface area (Å²) in [6.07, 6.45) is 1.13. The molecule has 1 amide bonds. The smallest absolute Gasteiger partial charge is 0.233 e. The zero-order valence-corrected chi connectivity index (χ0v) is 16.4. The molecule has 0 spiro atoms. The van der Waals surface area contributed by atoms with Crippen LogP contribution in [-0.2, 0) is 14.9 Å². The van der Waals surface area contributed by atoms with Gasteiger partial charge >= 0.3 is 0 Å². The van der Waals surface area contributed by atoms with Crippen molar-refractivity contribution in [3.63, 3.8) is 0 Å². The Morgan fingerprint density at radius 3 is 1.83 bits per heavy atom. The molecule has 0 saturated heterocycles. The average molecular weight is 369 g/mol. The van der Waals surface area contributed by atoms with Gasteiger partial charge in [0.25, 0.3) is 0 Å². The van der Waals surface area contributed by atoms with E-state index in [9.17, 15) is 17.8 Å². The Labute approximate surface area is 147 Å². The first-order chi connectivity index (χ1) is 11.1. The number of carbonyl (C=O) groups is 1. The van der Waals surface area contributed by atoms with E-state index in [1.54, 1.807) is 0 Å². The summed E-state index contributed by atoms with van der Waals surface area (Å²) >= 11 is 0. The van der Waals surface area contributed by atoms with Gasteiger partial charge in [0.2, 0.25) is 5.91 Å². The monoisotopic (exact) mass is 368 g/mol. The largest absolute Gasteiger partial charge is 0.747 e. The van der Waals surface area contributed by atoms with Gasteiger partial charge in [0.05, 0.1) is 38.1 Å². The molecule has 0 aliphatic heterocycles. The number of nitrogens with two attached hydrogens (primary N) is 2. The fourth-order valence-corrected chi connectivity index (χ4v) is 2.71. The molecule has 5 N–H and O–H groups in total. The molecular weight excluding hydrogens is 332 g/mol. The number of hydrogen-bond donors (Lipinski definition) is 3. The first kappa shape index (κ1) is 25.5. The molecule has 8 nitrogen and oxygen atoms in total. The molecule has 0 rings (SSSR count). The highest BCUT2D eigenvalue weighted by molar-refractivity contribution is 7.86. The Kier molecular flexibility index (Phi) is 14.4. The molecule has 1 unspecified atom stereocenters. The summed E-state index contributed by atoms with van der Waals surface area (Å²) < 4.78 is 32.4. The third-order valence-electron chi connectivity index (χ3n) is 4.48. The van der Waals surface area contributed by atoms with Crippen LogP contribution < -0.4 is 16.8 Å². The van der Waals surface area contributed by atoms with Crippen LogP contribution in [0.2, 0.25) is 0 Å². The van der Waals surface area contributed by atoms with Crippen molar-refractivity contribution < 1.29 is 22.2 Å². The lowest BCUT2D eigenvalue weighted by atomic mass is 10.2. The topological polar surface area (TPSA) is 138 Å². The molecule has 0 aromatic rings. The minimum atomic E-state index is -4.39. The number of nitrogens with one attached hydrogen (secondary N) is 1. The van der Waals surface area contributed by atoms with Crippen molar-refractivity contribution in [3.05, 3.63) is 0 Å². The van der Waals surface area contributed by atoms with Gasteiger partial charge in [0.15, 0.2) is 0 Å². The number of nitrogens with zero attached hydrogens (tertiary/aromatic N) is 1. The normalized spacial score (nSPS) is 13.0. The van der Waals surface area contributed by atoms with Crippen molar-refractivity contribution in [3.8, 4) is 0 Å². The fraction of sp³-hybridized carbons (Fsp3) is 0.933. The predicted octanol–water partition coefficient (Wildman–Crippen LogP) is -0.0556. The highest BCUT2D eigenvalue weighted by Crippen LogP contribution is 2.03. The lowest BCUT2D eigenvalue weighted by molar-refractivity contribution is -0.921. The second-order valence-electron chi connectivity index (χ2n) is 5.69. The fourth-order valence-electron chi connectivity index (χ4n) is 2.26. The number of unbranched alkanes of at least 4 members (excludes halogenated alkanes) is 1. The highest BCUT2D eigenvalue weighted by atomic mass is 32.2. The van der Waals surface area contributed by atoms with Gasteiger partial charge in [0.1, 0.15) is 10.1 Å². The lowest BCUT2D eigenvalue weighted by Gasteiger charge is -2.34. The van der Waals surface area contributed by atoms with Gasteiger partial charge in [0, 0.05) is 6.54 Å². The Bertz CT molecular complexity index is 408. The molecule has 9 heteroatoms. The SMILES string of the molecule is CC[N+](CC)(CC)CC.NCC(=O)NCCCCC(N)S(=O)(=O)[O-]. The van der Waals surface area contributed by atoms with Crippen molar-refractivity contribution in [2.24, 2.45) is 11.5 Å². The second kappa shape index (κ2) is 13.5. The maximum Gasteiger partial charge on any atom is 0.233 e. The predicted molar refractivity (Wildman–Crippen MR) is 96.0 cm³/mol. The molecule has 0 aliphatic rings. The van der Waals surface area contributed by atoms with Crippen molar-refractivity contribution in [1.82, 2.24) is 5.32 Å². The molecule has 0 heterocycles. The minimum Gasteiger partial charge on any atom is -0.747 e. The summed E-state index contributed by atoms with van der Waals surface area (Å²) in [6, 6.07) is 0. The van der Waals surface area contributed by atoms with E-state index in [0.29, 0.717) is 19.4 Å². The summed E-state index contributed by atoms with van der Waals surface area (Å²) in [5.74, 6) is -0.268. The molecule has 0 aromatic carbocycles. The molecule has 0 aliphatic carbocycles. The van der Waals surface area contributed by atoms with Crippen LogP contribution in [0.4, 0.5) is 0 Å². The maximum atomic E-state index is 10.7. The molecule has 0 bridgehead atoms. The molecule has 146 valence electrons. The van der Waals surface area contributed by atoms with Crippen LogP contribution in [0.1, 0.15) is 47.0 Å². The molecule has 0 saturated carbocycles. The van der Waals surface area contributed by atoms with E-state index in [-0.39, 0.29) is 18.9 Å². The van der Waals surface area contributed by atoms with Crippen LogP contribution in [0, 0.1) is 0 Å². The van der Waals surface area contributed by atoms with E-state index in [0.717, 1.165) is 0 Å². The van der Waals surface area contributed by atoms with Crippen molar-refractivity contribution in [1.29, 1.82) is 0 Å². The summed E-state index contributed by atoms with van der Waals surface area (Å²) in [5, 5.41) is 1.15. The van der Waals surface area contributed by atoms with Gasteiger partial charge in [-0.05, 0) is 47.0 Å². The van der Waals surface area contributed by atoms with E-state index in [4.69, 9.17) is 11.5 Å². The molecule has 0 radical (unpaired) electrons.